The number of rotatable bonds is 9. The first-order valence-corrected chi connectivity index (χ1v) is 9.22. The average Bonchev–Trinajstić information content (AvgIpc) is 2.38. The summed E-state index contributed by atoms with van der Waals surface area (Å²) in [6.45, 7) is 0.413. The number of phenols is 1. The summed E-state index contributed by atoms with van der Waals surface area (Å²) in [5, 5.41) is 9.52. The minimum atomic E-state index is -3.59. The first-order valence-electron chi connectivity index (χ1n) is 6.34. The molecule has 0 aliphatic carbocycles. The highest BCUT2D eigenvalue weighted by atomic mass is 32.2. The van der Waals surface area contributed by atoms with Gasteiger partial charge >= 0.3 is 0 Å². The van der Waals surface area contributed by atoms with Crippen LogP contribution in [-0.2, 0) is 10.0 Å². The van der Waals surface area contributed by atoms with Crippen molar-refractivity contribution in [1.29, 1.82) is 0 Å². The SMILES string of the molecule is CSCCCCCCNS(=O)(=O)c1ccccc1O. The third kappa shape index (κ3) is 5.84. The van der Waals surface area contributed by atoms with Gasteiger partial charge in [-0.1, -0.05) is 25.0 Å². The van der Waals surface area contributed by atoms with Crippen LogP contribution in [0.15, 0.2) is 29.2 Å². The largest absolute Gasteiger partial charge is 0.507 e. The van der Waals surface area contributed by atoms with Crippen molar-refractivity contribution < 1.29 is 13.5 Å². The van der Waals surface area contributed by atoms with Crippen LogP contribution in [0.25, 0.3) is 0 Å². The fourth-order valence-electron chi connectivity index (χ4n) is 1.69. The number of unbranched alkanes of at least 4 members (excludes halogenated alkanes) is 3. The molecule has 0 saturated carbocycles. The lowest BCUT2D eigenvalue weighted by molar-refractivity contribution is 0.458. The zero-order chi connectivity index (χ0) is 14.1. The van der Waals surface area contributed by atoms with Gasteiger partial charge < -0.3 is 5.11 Å². The molecule has 0 fully saturated rings. The summed E-state index contributed by atoms with van der Waals surface area (Å²) in [4.78, 5) is -0.0580. The second-order valence-electron chi connectivity index (χ2n) is 4.27. The van der Waals surface area contributed by atoms with Gasteiger partial charge in [0.15, 0.2) is 0 Å². The Morgan fingerprint density at radius 2 is 1.84 bits per heavy atom. The molecule has 0 aromatic heterocycles. The number of hydrogen-bond acceptors (Lipinski definition) is 4. The van der Waals surface area contributed by atoms with Gasteiger partial charge in [0, 0.05) is 6.54 Å². The minimum Gasteiger partial charge on any atom is -0.507 e. The summed E-state index contributed by atoms with van der Waals surface area (Å²) < 4.78 is 26.3. The Bertz CT molecular complexity index is 475. The van der Waals surface area contributed by atoms with Gasteiger partial charge in [0.25, 0.3) is 0 Å². The Morgan fingerprint density at radius 1 is 1.16 bits per heavy atom. The molecule has 0 radical (unpaired) electrons. The van der Waals surface area contributed by atoms with Crippen LogP contribution >= 0.6 is 11.8 Å². The number of thioether (sulfide) groups is 1. The summed E-state index contributed by atoms with van der Waals surface area (Å²) in [5.41, 5.74) is 0. The Kier molecular flexibility index (Phi) is 7.27. The van der Waals surface area contributed by atoms with Crippen molar-refractivity contribution >= 4 is 21.8 Å². The van der Waals surface area contributed by atoms with E-state index in [0.717, 1.165) is 25.0 Å². The van der Waals surface area contributed by atoms with Crippen LogP contribution in [0.2, 0.25) is 0 Å². The van der Waals surface area contributed by atoms with Crippen LogP contribution in [0.5, 0.6) is 5.75 Å². The van der Waals surface area contributed by atoms with Gasteiger partial charge in [-0.05, 0) is 37.0 Å². The van der Waals surface area contributed by atoms with Crippen LogP contribution in [0, 0.1) is 0 Å². The molecule has 4 nitrogen and oxygen atoms in total. The van der Waals surface area contributed by atoms with Gasteiger partial charge in [-0.15, -0.1) is 0 Å². The van der Waals surface area contributed by atoms with Crippen molar-refractivity contribution in [1.82, 2.24) is 4.72 Å². The molecule has 0 saturated heterocycles. The molecule has 0 bridgehead atoms. The van der Waals surface area contributed by atoms with E-state index in [4.69, 9.17) is 0 Å². The van der Waals surface area contributed by atoms with Crippen molar-refractivity contribution in [3.05, 3.63) is 24.3 Å². The summed E-state index contributed by atoms with van der Waals surface area (Å²) in [6.07, 6.45) is 6.22. The standard InChI is InChI=1S/C13H21NO3S2/c1-18-11-7-3-2-6-10-14-19(16,17)13-9-5-4-8-12(13)15/h4-5,8-9,14-15H,2-3,6-7,10-11H2,1H3. The van der Waals surface area contributed by atoms with Crippen LogP contribution in [0.1, 0.15) is 25.7 Å². The number of hydrogen-bond donors (Lipinski definition) is 2. The molecule has 0 atom stereocenters. The Labute approximate surface area is 119 Å². The van der Waals surface area contributed by atoms with E-state index < -0.39 is 10.0 Å². The van der Waals surface area contributed by atoms with Gasteiger partial charge in [-0.2, -0.15) is 11.8 Å². The normalized spacial score (nSPS) is 11.6. The molecule has 2 N–H and O–H groups in total. The molecule has 1 rings (SSSR count). The number of aromatic hydroxyl groups is 1. The lowest BCUT2D eigenvalue weighted by Crippen LogP contribution is -2.24. The fourth-order valence-corrected chi connectivity index (χ4v) is 3.36. The number of benzene rings is 1. The summed E-state index contributed by atoms with van der Waals surface area (Å²) in [5.74, 6) is 0.943. The van der Waals surface area contributed by atoms with Crippen molar-refractivity contribution in [2.75, 3.05) is 18.6 Å². The zero-order valence-corrected chi connectivity index (χ0v) is 12.8. The molecule has 1 aromatic rings. The third-order valence-corrected chi connectivity index (χ3v) is 4.93. The number of phenolic OH excluding ortho intramolecular Hbond substituents is 1. The summed E-state index contributed by atoms with van der Waals surface area (Å²) in [7, 11) is -3.59. The van der Waals surface area contributed by atoms with Gasteiger partial charge in [0.2, 0.25) is 10.0 Å². The first kappa shape index (κ1) is 16.3. The maximum atomic E-state index is 11.9. The maximum absolute atomic E-state index is 11.9. The second kappa shape index (κ2) is 8.45. The zero-order valence-electron chi connectivity index (χ0n) is 11.1. The maximum Gasteiger partial charge on any atom is 0.244 e. The van der Waals surface area contributed by atoms with Crippen molar-refractivity contribution in [3.63, 3.8) is 0 Å². The second-order valence-corrected chi connectivity index (χ2v) is 6.99. The van der Waals surface area contributed by atoms with E-state index >= 15 is 0 Å². The van der Waals surface area contributed by atoms with Gasteiger partial charge in [0.05, 0.1) is 0 Å². The van der Waals surface area contributed by atoms with Gasteiger partial charge in [-0.25, -0.2) is 13.1 Å². The Morgan fingerprint density at radius 3 is 2.53 bits per heavy atom. The Balaban J connectivity index is 2.34. The van der Waals surface area contributed by atoms with Crippen LogP contribution in [0.4, 0.5) is 0 Å². The molecule has 0 unspecified atom stereocenters. The van der Waals surface area contributed by atoms with Crippen molar-refractivity contribution in [3.8, 4) is 5.75 Å². The van der Waals surface area contributed by atoms with E-state index in [1.165, 1.54) is 18.6 Å². The number of para-hydroxylation sites is 1. The summed E-state index contributed by atoms with van der Waals surface area (Å²) >= 11 is 1.83. The minimum absolute atomic E-state index is 0.0580. The topological polar surface area (TPSA) is 66.4 Å². The van der Waals surface area contributed by atoms with Gasteiger partial charge in [-0.3, -0.25) is 0 Å². The van der Waals surface area contributed by atoms with Crippen molar-refractivity contribution in [2.24, 2.45) is 0 Å². The molecule has 0 aliphatic rings. The smallest absolute Gasteiger partial charge is 0.244 e. The van der Waals surface area contributed by atoms with Crippen LogP contribution in [0.3, 0.4) is 0 Å². The van der Waals surface area contributed by atoms with E-state index in [-0.39, 0.29) is 10.6 Å². The van der Waals surface area contributed by atoms with Gasteiger partial charge in [0.1, 0.15) is 10.6 Å². The predicted octanol–water partition coefficient (Wildman–Crippen LogP) is 2.59. The van der Waals surface area contributed by atoms with Crippen LogP contribution < -0.4 is 4.72 Å². The monoisotopic (exact) mass is 303 g/mol. The number of nitrogens with one attached hydrogen (secondary N) is 1. The van der Waals surface area contributed by atoms with E-state index in [0.29, 0.717) is 6.54 Å². The average molecular weight is 303 g/mol. The van der Waals surface area contributed by atoms with Crippen molar-refractivity contribution in [2.45, 2.75) is 30.6 Å². The third-order valence-electron chi connectivity index (χ3n) is 2.72. The highest BCUT2D eigenvalue weighted by Crippen LogP contribution is 2.20. The molecule has 6 heteroatoms. The molecule has 0 aliphatic heterocycles. The molecular weight excluding hydrogens is 282 g/mol. The highest BCUT2D eigenvalue weighted by Gasteiger charge is 2.16. The lowest BCUT2D eigenvalue weighted by Gasteiger charge is -2.08. The predicted molar refractivity (Wildman–Crippen MR) is 80.1 cm³/mol. The molecule has 0 spiro atoms. The van der Waals surface area contributed by atoms with E-state index in [9.17, 15) is 13.5 Å². The molecule has 0 amide bonds. The van der Waals surface area contributed by atoms with Crippen LogP contribution in [-0.4, -0.2) is 32.1 Å². The molecule has 0 heterocycles. The van der Waals surface area contributed by atoms with E-state index in [2.05, 4.69) is 11.0 Å². The molecule has 1 aromatic carbocycles. The highest BCUT2D eigenvalue weighted by molar-refractivity contribution is 7.98. The molecule has 19 heavy (non-hydrogen) atoms. The Hall–Kier alpha value is -0.720. The fraction of sp³-hybridized carbons (Fsp3) is 0.538. The lowest BCUT2D eigenvalue weighted by atomic mass is 10.2. The molecular formula is C13H21NO3S2. The molecule has 108 valence electrons. The van der Waals surface area contributed by atoms with E-state index in [1.807, 2.05) is 11.8 Å². The quantitative estimate of drug-likeness (QED) is 0.688. The van der Waals surface area contributed by atoms with E-state index in [1.54, 1.807) is 12.1 Å². The first-order chi connectivity index (χ1) is 9.08. The summed E-state index contributed by atoms with van der Waals surface area (Å²) in [6, 6.07) is 5.96. The number of sulfonamides is 1.